The molecule has 4 rings (SSSR count). The molecule has 0 saturated heterocycles. The predicted octanol–water partition coefficient (Wildman–Crippen LogP) is 3.20. The summed E-state index contributed by atoms with van der Waals surface area (Å²) in [4.78, 5) is 7.46. The van der Waals surface area contributed by atoms with E-state index < -0.39 is 10.0 Å². The van der Waals surface area contributed by atoms with Crippen molar-refractivity contribution < 1.29 is 13.5 Å². The summed E-state index contributed by atoms with van der Waals surface area (Å²) >= 11 is 0. The fraction of sp³-hybridized carbons (Fsp3) is 0.0952. The second kappa shape index (κ2) is 7.55. The van der Waals surface area contributed by atoms with Crippen molar-refractivity contribution in [3.8, 4) is 11.1 Å². The van der Waals surface area contributed by atoms with Crippen molar-refractivity contribution in [1.29, 1.82) is 0 Å². The third-order valence-electron chi connectivity index (χ3n) is 4.60. The molecule has 0 amide bonds. The molecule has 7 heteroatoms. The second-order valence-electron chi connectivity index (χ2n) is 6.42. The molecule has 0 aliphatic carbocycles. The molecule has 0 aliphatic heterocycles. The van der Waals surface area contributed by atoms with Crippen molar-refractivity contribution >= 4 is 21.1 Å². The lowest BCUT2D eigenvalue weighted by molar-refractivity contribution is 0.282. The predicted molar refractivity (Wildman–Crippen MR) is 108 cm³/mol. The molecule has 0 unspecified atom stereocenters. The van der Waals surface area contributed by atoms with Crippen molar-refractivity contribution in [3.05, 3.63) is 84.2 Å². The summed E-state index contributed by atoms with van der Waals surface area (Å²) in [5.41, 5.74) is 4.05. The molecule has 142 valence electrons. The van der Waals surface area contributed by atoms with Gasteiger partial charge in [0.2, 0.25) is 10.0 Å². The van der Waals surface area contributed by atoms with Crippen LogP contribution in [-0.2, 0) is 23.2 Å². The van der Waals surface area contributed by atoms with Crippen LogP contribution in [0.2, 0.25) is 0 Å². The van der Waals surface area contributed by atoms with Gasteiger partial charge in [0, 0.05) is 24.3 Å². The van der Waals surface area contributed by atoms with Gasteiger partial charge >= 0.3 is 0 Å². The van der Waals surface area contributed by atoms with Gasteiger partial charge in [0.1, 0.15) is 5.65 Å². The van der Waals surface area contributed by atoms with Crippen molar-refractivity contribution in [2.75, 3.05) is 0 Å². The quantitative estimate of drug-likeness (QED) is 0.469. The lowest BCUT2D eigenvalue weighted by atomic mass is 10.0. The van der Waals surface area contributed by atoms with Gasteiger partial charge in [0.15, 0.2) is 0 Å². The summed E-state index contributed by atoms with van der Waals surface area (Å²) in [7, 11) is -3.67. The maximum absolute atomic E-state index is 12.8. The zero-order chi connectivity index (χ0) is 19.6. The van der Waals surface area contributed by atoms with E-state index in [9.17, 15) is 8.42 Å². The van der Waals surface area contributed by atoms with Crippen LogP contribution in [-0.4, -0.2) is 23.5 Å². The fourth-order valence-electron chi connectivity index (χ4n) is 3.06. The van der Waals surface area contributed by atoms with Gasteiger partial charge in [-0.25, -0.2) is 18.1 Å². The molecule has 0 fully saturated rings. The molecule has 4 aromatic rings. The molecule has 0 atom stereocenters. The smallest absolute Gasteiger partial charge is 0.240 e. The minimum Gasteiger partial charge on any atom is -0.392 e. The Balaban J connectivity index is 1.57. The number of nitrogens with zero attached hydrogens (tertiary/aromatic N) is 1. The standard InChI is InChI=1S/C21H19N3O3S/c25-14-15-6-8-16(9-7-15)17-3-1-4-19(11-17)28(26,27)24-13-18-12-23-21-20(18)5-2-10-22-21/h1-12,24-25H,13-14H2,(H,22,23). The lowest BCUT2D eigenvalue weighted by Gasteiger charge is -2.09. The van der Waals surface area contributed by atoms with Crippen LogP contribution in [0.1, 0.15) is 11.1 Å². The van der Waals surface area contributed by atoms with E-state index in [1.165, 1.54) is 0 Å². The van der Waals surface area contributed by atoms with Gasteiger partial charge in [-0.3, -0.25) is 0 Å². The van der Waals surface area contributed by atoms with Crippen molar-refractivity contribution in [2.45, 2.75) is 18.0 Å². The minimum absolute atomic E-state index is 0.0258. The van der Waals surface area contributed by atoms with Crippen molar-refractivity contribution in [2.24, 2.45) is 0 Å². The van der Waals surface area contributed by atoms with Gasteiger partial charge < -0.3 is 10.1 Å². The second-order valence-corrected chi connectivity index (χ2v) is 8.19. The zero-order valence-electron chi connectivity index (χ0n) is 15.0. The topological polar surface area (TPSA) is 95.1 Å². The number of aliphatic hydroxyl groups excluding tert-OH is 1. The summed E-state index contributed by atoms with van der Waals surface area (Å²) in [6.45, 7) is 0.144. The molecule has 0 saturated carbocycles. The maximum Gasteiger partial charge on any atom is 0.240 e. The molecule has 3 N–H and O–H groups in total. The highest BCUT2D eigenvalue weighted by Crippen LogP contribution is 2.23. The number of hydrogen-bond donors (Lipinski definition) is 3. The van der Waals surface area contributed by atoms with Gasteiger partial charge in [0.25, 0.3) is 0 Å². The fourth-order valence-corrected chi connectivity index (χ4v) is 4.11. The summed E-state index contributed by atoms with van der Waals surface area (Å²) in [6, 6.07) is 17.9. The average Bonchev–Trinajstić information content (AvgIpc) is 3.16. The lowest BCUT2D eigenvalue weighted by Crippen LogP contribution is -2.23. The molecular weight excluding hydrogens is 374 g/mol. The number of aromatic nitrogens is 2. The van der Waals surface area contributed by atoms with Gasteiger partial charge in [-0.2, -0.15) is 0 Å². The number of hydrogen-bond acceptors (Lipinski definition) is 4. The number of pyridine rings is 1. The van der Waals surface area contributed by atoms with Gasteiger partial charge in [-0.05, 0) is 46.5 Å². The SMILES string of the molecule is O=S(=O)(NCc1c[nH]c2ncccc12)c1cccc(-c2ccc(CO)cc2)c1. The number of benzene rings is 2. The number of rotatable bonds is 6. The first-order valence-electron chi connectivity index (χ1n) is 8.78. The Bertz CT molecular complexity index is 1220. The van der Waals surface area contributed by atoms with E-state index in [2.05, 4.69) is 14.7 Å². The van der Waals surface area contributed by atoms with Crippen LogP contribution >= 0.6 is 0 Å². The van der Waals surface area contributed by atoms with E-state index in [0.717, 1.165) is 33.3 Å². The van der Waals surface area contributed by atoms with E-state index in [1.807, 2.05) is 42.5 Å². The van der Waals surface area contributed by atoms with Crippen LogP contribution in [0.25, 0.3) is 22.2 Å². The Morgan fingerprint density at radius 3 is 2.61 bits per heavy atom. The monoisotopic (exact) mass is 393 g/mol. The van der Waals surface area contributed by atoms with Crippen LogP contribution in [0.3, 0.4) is 0 Å². The van der Waals surface area contributed by atoms with E-state index in [1.54, 1.807) is 30.6 Å². The summed E-state index contributed by atoms with van der Waals surface area (Å²) in [6.07, 6.45) is 3.45. The first-order valence-corrected chi connectivity index (χ1v) is 10.3. The normalized spacial score (nSPS) is 11.8. The van der Waals surface area contributed by atoms with Crippen LogP contribution in [0.4, 0.5) is 0 Å². The Hall–Kier alpha value is -3.00. The van der Waals surface area contributed by atoms with Crippen LogP contribution < -0.4 is 4.72 Å². The Labute approximate surface area is 162 Å². The molecule has 2 aromatic heterocycles. The molecule has 0 spiro atoms. The van der Waals surface area contributed by atoms with Crippen molar-refractivity contribution in [3.63, 3.8) is 0 Å². The molecule has 0 aliphatic rings. The van der Waals surface area contributed by atoms with E-state index in [0.29, 0.717) is 0 Å². The molecular formula is C21H19N3O3S. The van der Waals surface area contributed by atoms with Crippen molar-refractivity contribution in [1.82, 2.24) is 14.7 Å². The number of H-pyrrole nitrogens is 1. The maximum atomic E-state index is 12.8. The third-order valence-corrected chi connectivity index (χ3v) is 6.00. The molecule has 2 aromatic carbocycles. The summed E-state index contributed by atoms with van der Waals surface area (Å²) in [5, 5.41) is 10.1. The number of sulfonamides is 1. The van der Waals surface area contributed by atoms with Crippen LogP contribution in [0.5, 0.6) is 0 Å². The van der Waals surface area contributed by atoms with E-state index in [-0.39, 0.29) is 18.0 Å². The van der Waals surface area contributed by atoms with Gasteiger partial charge in [0.05, 0.1) is 11.5 Å². The summed E-state index contributed by atoms with van der Waals surface area (Å²) < 4.78 is 28.2. The molecule has 0 bridgehead atoms. The summed E-state index contributed by atoms with van der Waals surface area (Å²) in [5.74, 6) is 0. The number of fused-ring (bicyclic) bond motifs is 1. The van der Waals surface area contributed by atoms with Crippen LogP contribution in [0, 0.1) is 0 Å². The molecule has 0 radical (unpaired) electrons. The van der Waals surface area contributed by atoms with E-state index in [4.69, 9.17) is 5.11 Å². The first-order chi connectivity index (χ1) is 13.6. The molecule has 2 heterocycles. The Kier molecular flexibility index (Phi) is 4.95. The number of aliphatic hydroxyl groups is 1. The van der Waals surface area contributed by atoms with Gasteiger partial charge in [-0.1, -0.05) is 36.4 Å². The van der Waals surface area contributed by atoms with Gasteiger partial charge in [-0.15, -0.1) is 0 Å². The highest BCUT2D eigenvalue weighted by Gasteiger charge is 2.16. The Morgan fingerprint density at radius 1 is 1.00 bits per heavy atom. The third kappa shape index (κ3) is 3.68. The molecule has 6 nitrogen and oxygen atoms in total. The highest BCUT2D eigenvalue weighted by atomic mass is 32.2. The Morgan fingerprint density at radius 2 is 1.82 bits per heavy atom. The number of aromatic amines is 1. The minimum atomic E-state index is -3.67. The van der Waals surface area contributed by atoms with Crippen LogP contribution in [0.15, 0.2) is 78.0 Å². The first kappa shape index (κ1) is 18.4. The zero-order valence-corrected chi connectivity index (χ0v) is 15.8. The average molecular weight is 393 g/mol. The largest absolute Gasteiger partial charge is 0.392 e. The molecule has 28 heavy (non-hydrogen) atoms. The number of nitrogens with one attached hydrogen (secondary N) is 2. The van der Waals surface area contributed by atoms with E-state index >= 15 is 0 Å². The highest BCUT2D eigenvalue weighted by molar-refractivity contribution is 7.89.